The van der Waals surface area contributed by atoms with Gasteiger partial charge in [0.05, 0.1) is 28.8 Å². The second-order valence-corrected chi connectivity index (χ2v) is 9.52. The third-order valence-electron chi connectivity index (χ3n) is 5.42. The zero-order chi connectivity index (χ0) is 23.5. The summed E-state index contributed by atoms with van der Waals surface area (Å²) in [7, 11) is -3.00. The summed E-state index contributed by atoms with van der Waals surface area (Å²) in [5.41, 5.74) is 1.71. The fraction of sp³-hybridized carbons (Fsp3) is 0.348. The molecule has 1 aliphatic rings. The van der Waals surface area contributed by atoms with Crippen molar-refractivity contribution in [3.63, 3.8) is 0 Å². The molecule has 1 N–H and O–H groups in total. The van der Waals surface area contributed by atoms with Crippen LogP contribution in [0.1, 0.15) is 27.9 Å². The van der Waals surface area contributed by atoms with E-state index in [1.165, 1.54) is 25.3 Å². The number of aliphatic hydroxyl groups is 1. The number of aryl methyl sites for hydroxylation is 2. The number of nitrogens with zero attached hydrogens (tertiary/aromatic N) is 2. The molecule has 0 saturated carbocycles. The molecule has 3 rings (SSSR count). The van der Waals surface area contributed by atoms with Crippen LogP contribution in [0, 0.1) is 19.8 Å². The maximum absolute atomic E-state index is 13.5. The van der Waals surface area contributed by atoms with Crippen molar-refractivity contribution in [1.29, 1.82) is 0 Å². The molecule has 2 aromatic rings. The molecule has 0 spiro atoms. The van der Waals surface area contributed by atoms with Crippen molar-refractivity contribution in [2.75, 3.05) is 26.8 Å². The highest BCUT2D eigenvalue weighted by molar-refractivity contribution is 7.89. The van der Waals surface area contributed by atoms with Gasteiger partial charge in [0.15, 0.2) is 0 Å². The highest BCUT2D eigenvalue weighted by atomic mass is 32.2. The standard InChI is InChI=1S/C23H26N2O6S/c1-15-9-10-16(2)21-19(15)13-17(22(27)24-21)14-25(11-6-12-26)32(29,30)20-8-5-4-7-18(20)23(28)31-3/h4-5,7-10,13,17,26H,6,11-12,14H2,1-3H3. The first kappa shape index (κ1) is 23.8. The van der Waals surface area contributed by atoms with Crippen molar-refractivity contribution < 1.29 is 27.9 Å². The average Bonchev–Trinajstić information content (AvgIpc) is 2.79. The normalized spacial score (nSPS) is 15.7. The first-order chi connectivity index (χ1) is 15.2. The van der Waals surface area contributed by atoms with E-state index in [4.69, 9.17) is 4.74 Å². The fourth-order valence-electron chi connectivity index (χ4n) is 3.66. The summed E-state index contributed by atoms with van der Waals surface area (Å²) in [5, 5.41) is 10.7. The lowest BCUT2D eigenvalue weighted by molar-refractivity contribution is -0.120. The smallest absolute Gasteiger partial charge is 0.339 e. The molecule has 1 atom stereocenters. The van der Waals surface area contributed by atoms with Crippen LogP contribution < -0.4 is 10.6 Å². The average molecular weight is 459 g/mol. The summed E-state index contributed by atoms with van der Waals surface area (Å²) in [4.78, 5) is 28.9. The van der Waals surface area contributed by atoms with Crippen molar-refractivity contribution in [2.45, 2.75) is 25.2 Å². The van der Waals surface area contributed by atoms with Gasteiger partial charge in [-0.3, -0.25) is 4.79 Å². The molecule has 32 heavy (non-hydrogen) atoms. The van der Waals surface area contributed by atoms with Crippen molar-refractivity contribution in [1.82, 2.24) is 4.31 Å². The van der Waals surface area contributed by atoms with Crippen LogP contribution in [-0.4, -0.2) is 56.5 Å². The number of fused-ring (bicyclic) bond motifs is 1. The minimum absolute atomic E-state index is 0.0222. The van der Waals surface area contributed by atoms with Gasteiger partial charge in [-0.2, -0.15) is 4.31 Å². The maximum Gasteiger partial charge on any atom is 0.339 e. The Balaban J connectivity index is 2.05. The predicted molar refractivity (Wildman–Crippen MR) is 118 cm³/mol. The number of sulfonamides is 1. The Morgan fingerprint density at radius 1 is 1.16 bits per heavy atom. The van der Waals surface area contributed by atoms with E-state index in [0.717, 1.165) is 20.7 Å². The van der Waals surface area contributed by atoms with Crippen LogP contribution in [0.3, 0.4) is 0 Å². The molecule has 0 radical (unpaired) electrons. The predicted octanol–water partition coefficient (Wildman–Crippen LogP) is 0.720. The highest BCUT2D eigenvalue weighted by Crippen LogP contribution is 2.23. The lowest BCUT2D eigenvalue weighted by atomic mass is 9.99. The van der Waals surface area contributed by atoms with Crippen molar-refractivity contribution in [3.05, 3.63) is 63.7 Å². The van der Waals surface area contributed by atoms with E-state index >= 15 is 0 Å². The Bertz CT molecular complexity index is 1270. The molecule has 0 aromatic heterocycles. The number of rotatable bonds is 8. The van der Waals surface area contributed by atoms with Gasteiger partial charge in [0.25, 0.3) is 5.91 Å². The van der Waals surface area contributed by atoms with Crippen LogP contribution in [0.25, 0.3) is 6.08 Å². The van der Waals surface area contributed by atoms with Crippen LogP contribution in [0.15, 0.2) is 46.3 Å². The van der Waals surface area contributed by atoms with Gasteiger partial charge >= 0.3 is 5.97 Å². The van der Waals surface area contributed by atoms with Gasteiger partial charge in [0.1, 0.15) is 0 Å². The monoisotopic (exact) mass is 458 g/mol. The summed E-state index contributed by atoms with van der Waals surface area (Å²) < 4.78 is 32.9. The highest BCUT2D eigenvalue weighted by Gasteiger charge is 2.32. The van der Waals surface area contributed by atoms with E-state index < -0.39 is 27.8 Å². The quantitative estimate of drug-likeness (QED) is 0.583. The van der Waals surface area contributed by atoms with E-state index in [9.17, 15) is 23.1 Å². The van der Waals surface area contributed by atoms with Gasteiger partial charge in [0, 0.05) is 24.9 Å². The van der Waals surface area contributed by atoms with E-state index in [1.54, 1.807) is 12.1 Å². The summed E-state index contributed by atoms with van der Waals surface area (Å²) in [5.74, 6) is -2.00. The Hall–Kier alpha value is -2.88. The van der Waals surface area contributed by atoms with Gasteiger partial charge in [-0.1, -0.05) is 30.3 Å². The third-order valence-corrected chi connectivity index (χ3v) is 7.34. The Labute approximate surface area is 186 Å². The number of ether oxygens (including phenoxy) is 1. The number of carbonyl (C=O) groups is 2. The topological polar surface area (TPSA) is 113 Å². The number of carbonyl (C=O) groups excluding carboxylic acids is 2. The van der Waals surface area contributed by atoms with Gasteiger partial charge in [-0.15, -0.1) is 0 Å². The first-order valence-electron chi connectivity index (χ1n) is 10.2. The second-order valence-electron chi connectivity index (χ2n) is 7.61. The first-order valence-corrected chi connectivity index (χ1v) is 11.6. The van der Waals surface area contributed by atoms with Crippen molar-refractivity contribution >= 4 is 28.0 Å². The summed E-state index contributed by atoms with van der Waals surface area (Å²) in [6.07, 6.45) is 1.92. The molecule has 9 heteroatoms. The van der Waals surface area contributed by atoms with Gasteiger partial charge in [-0.25, -0.2) is 18.2 Å². The number of esters is 1. The molecule has 2 aromatic carbocycles. The van der Waals surface area contributed by atoms with Crippen molar-refractivity contribution in [3.8, 4) is 0 Å². The zero-order valence-electron chi connectivity index (χ0n) is 18.2. The summed E-state index contributed by atoms with van der Waals surface area (Å²) in [6.45, 7) is 3.37. The molecule has 170 valence electrons. The largest absolute Gasteiger partial charge is 0.465 e. The zero-order valence-corrected chi connectivity index (χ0v) is 19.1. The molecule has 0 saturated heterocycles. The number of hydrogen-bond acceptors (Lipinski definition) is 6. The molecule has 1 heterocycles. The molecule has 1 unspecified atom stereocenters. The molecule has 8 nitrogen and oxygen atoms in total. The van der Waals surface area contributed by atoms with Crippen LogP contribution >= 0.6 is 0 Å². The molecule has 0 fully saturated rings. The minimum Gasteiger partial charge on any atom is -0.465 e. The second kappa shape index (κ2) is 9.72. The molecular formula is C23H26N2O6S. The number of benzene rings is 2. The summed E-state index contributed by atoms with van der Waals surface area (Å²) >= 11 is 0. The van der Waals surface area contributed by atoms with Gasteiger partial charge in [0.2, 0.25) is 10.0 Å². The van der Waals surface area contributed by atoms with Crippen molar-refractivity contribution in [2.24, 2.45) is 10.9 Å². The number of hydrogen-bond donors (Lipinski definition) is 1. The van der Waals surface area contributed by atoms with Crippen LogP contribution in [0.4, 0.5) is 0 Å². The number of aliphatic hydroxyl groups excluding tert-OH is 1. The summed E-state index contributed by atoms with van der Waals surface area (Å²) in [6, 6.07) is 9.58. The SMILES string of the molecule is COC(=O)c1ccccc1S(=O)(=O)N(CCCO)CC1C=c2c(C)ccc(C)c2=NC1=O. The number of amides is 1. The lowest BCUT2D eigenvalue weighted by Crippen LogP contribution is -2.43. The molecule has 0 bridgehead atoms. The van der Waals surface area contributed by atoms with Gasteiger partial charge in [-0.05, 0) is 43.5 Å². The van der Waals surface area contributed by atoms with Gasteiger partial charge < -0.3 is 9.84 Å². The Kier molecular flexibility index (Phi) is 7.22. The molecule has 1 aliphatic heterocycles. The fourth-order valence-corrected chi connectivity index (χ4v) is 5.34. The molecule has 0 aliphatic carbocycles. The van der Waals surface area contributed by atoms with E-state index in [-0.39, 0.29) is 36.6 Å². The Morgan fingerprint density at radius 2 is 1.84 bits per heavy atom. The van der Waals surface area contributed by atoms with E-state index in [2.05, 4.69) is 4.99 Å². The van der Waals surface area contributed by atoms with Crippen LogP contribution in [0.2, 0.25) is 0 Å². The Morgan fingerprint density at radius 3 is 2.53 bits per heavy atom. The van der Waals surface area contributed by atoms with Crippen LogP contribution in [-0.2, 0) is 19.6 Å². The molecule has 1 amide bonds. The van der Waals surface area contributed by atoms with Crippen LogP contribution in [0.5, 0.6) is 0 Å². The molecular weight excluding hydrogens is 432 g/mol. The third kappa shape index (κ3) is 4.64. The lowest BCUT2D eigenvalue weighted by Gasteiger charge is -2.26. The maximum atomic E-state index is 13.5. The van der Waals surface area contributed by atoms with E-state index in [1.807, 2.05) is 26.0 Å². The van der Waals surface area contributed by atoms with E-state index in [0.29, 0.717) is 5.36 Å². The minimum atomic E-state index is -4.17. The number of methoxy groups -OCH3 is 1.